The van der Waals surface area contributed by atoms with Crippen molar-refractivity contribution in [2.24, 2.45) is 0 Å². The molecule has 0 saturated carbocycles. The van der Waals surface area contributed by atoms with Gasteiger partial charge in [-0.25, -0.2) is 0 Å². The molecule has 0 spiro atoms. The van der Waals surface area contributed by atoms with Gasteiger partial charge in [-0.2, -0.15) is 0 Å². The highest BCUT2D eigenvalue weighted by molar-refractivity contribution is 6.32. The summed E-state index contributed by atoms with van der Waals surface area (Å²) in [6.45, 7) is 4.94. The number of rotatable bonds is 7. The fourth-order valence-corrected chi connectivity index (χ4v) is 3.77. The predicted molar refractivity (Wildman–Crippen MR) is 124 cm³/mol. The average molecular weight is 441 g/mol. The number of carbonyl (C=O) groups is 2. The first-order valence-corrected chi connectivity index (χ1v) is 11.1. The SMILES string of the molecule is CC(C)Oc1ccc(CN(C(=O)C=Cc2ccccc2Cl)[C@H]2CCCCNC2=O)cc1. The fraction of sp³-hybridized carbons (Fsp3) is 0.360. The third kappa shape index (κ3) is 6.59. The van der Waals surface area contributed by atoms with E-state index in [-0.39, 0.29) is 17.9 Å². The van der Waals surface area contributed by atoms with Gasteiger partial charge >= 0.3 is 0 Å². The minimum Gasteiger partial charge on any atom is -0.491 e. The largest absolute Gasteiger partial charge is 0.491 e. The summed E-state index contributed by atoms with van der Waals surface area (Å²) >= 11 is 6.21. The first-order valence-electron chi connectivity index (χ1n) is 10.7. The Bertz CT molecular complexity index is 925. The van der Waals surface area contributed by atoms with Crippen molar-refractivity contribution in [1.29, 1.82) is 0 Å². The van der Waals surface area contributed by atoms with Crippen molar-refractivity contribution in [1.82, 2.24) is 10.2 Å². The zero-order chi connectivity index (χ0) is 22.2. The zero-order valence-corrected chi connectivity index (χ0v) is 18.8. The van der Waals surface area contributed by atoms with Crippen LogP contribution in [0.4, 0.5) is 0 Å². The molecule has 1 N–H and O–H groups in total. The van der Waals surface area contributed by atoms with Crippen molar-refractivity contribution in [3.05, 3.63) is 70.8 Å². The lowest BCUT2D eigenvalue weighted by molar-refractivity contribution is -0.137. The van der Waals surface area contributed by atoms with Gasteiger partial charge in [0.05, 0.1) is 6.10 Å². The molecular weight excluding hydrogens is 412 g/mol. The van der Waals surface area contributed by atoms with E-state index in [1.54, 1.807) is 17.0 Å². The van der Waals surface area contributed by atoms with Gasteiger partial charge in [0.15, 0.2) is 0 Å². The van der Waals surface area contributed by atoms with Crippen LogP contribution in [0, 0.1) is 0 Å². The Balaban J connectivity index is 1.82. The van der Waals surface area contributed by atoms with Gasteiger partial charge in [0, 0.05) is 24.2 Å². The Hall–Kier alpha value is -2.79. The van der Waals surface area contributed by atoms with E-state index >= 15 is 0 Å². The molecule has 1 heterocycles. The van der Waals surface area contributed by atoms with Gasteiger partial charge in [-0.1, -0.05) is 41.9 Å². The van der Waals surface area contributed by atoms with Crippen molar-refractivity contribution in [3.63, 3.8) is 0 Å². The number of ether oxygens (including phenoxy) is 1. The van der Waals surface area contributed by atoms with Gasteiger partial charge in [0.2, 0.25) is 11.8 Å². The maximum Gasteiger partial charge on any atom is 0.247 e. The molecule has 1 fully saturated rings. The van der Waals surface area contributed by atoms with Crippen LogP contribution >= 0.6 is 11.6 Å². The fourth-order valence-electron chi connectivity index (χ4n) is 3.57. The van der Waals surface area contributed by atoms with Crippen LogP contribution in [-0.2, 0) is 16.1 Å². The Kier molecular flexibility index (Phi) is 8.13. The highest BCUT2D eigenvalue weighted by Crippen LogP contribution is 2.21. The number of nitrogens with zero attached hydrogens (tertiary/aromatic N) is 1. The van der Waals surface area contributed by atoms with Gasteiger partial charge in [-0.05, 0) is 68.5 Å². The van der Waals surface area contributed by atoms with E-state index in [9.17, 15) is 9.59 Å². The molecule has 6 heteroatoms. The smallest absolute Gasteiger partial charge is 0.247 e. The number of nitrogens with one attached hydrogen (secondary N) is 1. The second-order valence-corrected chi connectivity index (χ2v) is 8.34. The molecule has 0 unspecified atom stereocenters. The Morgan fingerprint density at radius 3 is 2.65 bits per heavy atom. The molecule has 3 rings (SSSR count). The van der Waals surface area contributed by atoms with Crippen molar-refractivity contribution in [2.45, 2.75) is 51.8 Å². The molecule has 2 aromatic carbocycles. The van der Waals surface area contributed by atoms with Crippen LogP contribution in [0.3, 0.4) is 0 Å². The minimum atomic E-state index is -0.502. The van der Waals surface area contributed by atoms with Crippen LogP contribution in [-0.4, -0.2) is 35.4 Å². The normalized spacial score (nSPS) is 16.8. The van der Waals surface area contributed by atoms with Gasteiger partial charge < -0.3 is 15.0 Å². The summed E-state index contributed by atoms with van der Waals surface area (Å²) in [4.78, 5) is 27.5. The number of hydrogen-bond acceptors (Lipinski definition) is 3. The molecule has 2 amide bonds. The summed E-state index contributed by atoms with van der Waals surface area (Å²) in [7, 11) is 0. The molecule has 1 saturated heterocycles. The van der Waals surface area contributed by atoms with E-state index in [4.69, 9.17) is 16.3 Å². The molecule has 0 bridgehead atoms. The van der Waals surface area contributed by atoms with E-state index in [1.807, 2.05) is 56.3 Å². The van der Waals surface area contributed by atoms with Crippen molar-refractivity contribution in [2.75, 3.05) is 6.54 Å². The summed E-state index contributed by atoms with van der Waals surface area (Å²) in [5, 5.41) is 3.51. The van der Waals surface area contributed by atoms with Crippen LogP contribution in [0.5, 0.6) is 5.75 Å². The molecule has 1 atom stereocenters. The first-order chi connectivity index (χ1) is 14.9. The Morgan fingerprint density at radius 1 is 1.19 bits per heavy atom. The number of halogens is 1. The van der Waals surface area contributed by atoms with Gasteiger partial charge in [-0.15, -0.1) is 0 Å². The summed E-state index contributed by atoms with van der Waals surface area (Å²) in [6, 6.07) is 14.5. The number of carbonyl (C=O) groups excluding carboxylic acids is 2. The molecule has 164 valence electrons. The summed E-state index contributed by atoms with van der Waals surface area (Å²) in [5.41, 5.74) is 1.70. The first kappa shape index (κ1) is 22.9. The molecule has 1 aliphatic rings. The van der Waals surface area contributed by atoms with Crippen LogP contribution < -0.4 is 10.1 Å². The predicted octanol–water partition coefficient (Wildman–Crippen LogP) is 4.84. The topological polar surface area (TPSA) is 58.6 Å². The average Bonchev–Trinajstić information content (AvgIpc) is 2.96. The third-order valence-corrected chi connectivity index (χ3v) is 5.47. The van der Waals surface area contributed by atoms with E-state index < -0.39 is 6.04 Å². The number of benzene rings is 2. The lowest BCUT2D eigenvalue weighted by Gasteiger charge is -2.29. The van der Waals surface area contributed by atoms with Crippen molar-refractivity contribution in [3.8, 4) is 5.75 Å². The number of hydrogen-bond donors (Lipinski definition) is 1. The zero-order valence-electron chi connectivity index (χ0n) is 18.0. The van der Waals surface area contributed by atoms with Crippen LogP contribution in [0.15, 0.2) is 54.6 Å². The molecule has 5 nitrogen and oxygen atoms in total. The summed E-state index contributed by atoms with van der Waals surface area (Å²) in [5.74, 6) is 0.462. The standard InChI is InChI=1S/C25H29ClN2O3/c1-18(2)31-21-13-10-19(11-14-21)17-28(23-9-5-6-16-27-25(23)30)24(29)15-12-20-7-3-4-8-22(20)26/h3-4,7-8,10-15,18,23H,5-6,9,16-17H2,1-2H3,(H,27,30)/t23-/m0/s1. The van der Waals surface area contributed by atoms with Gasteiger partial charge in [0.25, 0.3) is 0 Å². The van der Waals surface area contributed by atoms with E-state index in [0.29, 0.717) is 24.5 Å². The van der Waals surface area contributed by atoms with E-state index in [0.717, 1.165) is 29.7 Å². The minimum absolute atomic E-state index is 0.0913. The second-order valence-electron chi connectivity index (χ2n) is 7.93. The lowest BCUT2D eigenvalue weighted by Crippen LogP contribution is -2.47. The number of amides is 2. The maximum absolute atomic E-state index is 13.2. The Morgan fingerprint density at radius 2 is 1.94 bits per heavy atom. The summed E-state index contributed by atoms with van der Waals surface area (Å²) < 4.78 is 5.70. The van der Waals surface area contributed by atoms with Crippen LogP contribution in [0.1, 0.15) is 44.2 Å². The second kappa shape index (κ2) is 11.0. The van der Waals surface area contributed by atoms with Gasteiger partial charge in [-0.3, -0.25) is 9.59 Å². The quantitative estimate of drug-likeness (QED) is 0.627. The lowest BCUT2D eigenvalue weighted by atomic mass is 10.1. The van der Waals surface area contributed by atoms with Crippen LogP contribution in [0.2, 0.25) is 5.02 Å². The molecule has 2 aromatic rings. The molecule has 1 aliphatic heterocycles. The van der Waals surface area contributed by atoms with E-state index in [2.05, 4.69) is 5.32 Å². The molecule has 0 radical (unpaired) electrons. The summed E-state index contributed by atoms with van der Waals surface area (Å²) in [6.07, 6.45) is 5.74. The van der Waals surface area contributed by atoms with Crippen LogP contribution in [0.25, 0.3) is 6.08 Å². The van der Waals surface area contributed by atoms with Gasteiger partial charge in [0.1, 0.15) is 11.8 Å². The molecule has 0 aromatic heterocycles. The molecule has 31 heavy (non-hydrogen) atoms. The molecular formula is C25H29ClN2O3. The Labute approximate surface area is 189 Å². The maximum atomic E-state index is 13.2. The third-order valence-electron chi connectivity index (χ3n) is 5.12. The van der Waals surface area contributed by atoms with E-state index in [1.165, 1.54) is 6.08 Å². The highest BCUT2D eigenvalue weighted by atomic mass is 35.5. The molecule has 0 aliphatic carbocycles. The highest BCUT2D eigenvalue weighted by Gasteiger charge is 2.29. The monoisotopic (exact) mass is 440 g/mol. The van der Waals surface area contributed by atoms with Crippen molar-refractivity contribution >= 4 is 29.5 Å². The van der Waals surface area contributed by atoms with Crippen molar-refractivity contribution < 1.29 is 14.3 Å².